The van der Waals surface area contributed by atoms with Crippen molar-refractivity contribution in [1.29, 1.82) is 0 Å². The number of methoxy groups -OCH3 is 1. The highest BCUT2D eigenvalue weighted by Crippen LogP contribution is 2.42. The lowest BCUT2D eigenvalue weighted by Crippen LogP contribution is -2.12. The van der Waals surface area contributed by atoms with Gasteiger partial charge in [-0.05, 0) is 71.7 Å². The topological polar surface area (TPSA) is 103 Å². The molecule has 0 spiro atoms. The van der Waals surface area contributed by atoms with Crippen LogP contribution in [0.5, 0.6) is 11.5 Å². The average Bonchev–Trinajstić information content (AvgIpc) is 3.03. The van der Waals surface area contributed by atoms with Gasteiger partial charge in [-0.15, -0.1) is 0 Å². The molecule has 4 bridgehead atoms. The minimum absolute atomic E-state index is 0.00394. The van der Waals surface area contributed by atoms with Gasteiger partial charge in [0.25, 0.3) is 0 Å². The van der Waals surface area contributed by atoms with Crippen molar-refractivity contribution < 1.29 is 19.4 Å². The van der Waals surface area contributed by atoms with Crippen molar-refractivity contribution in [3.63, 3.8) is 0 Å². The van der Waals surface area contributed by atoms with Gasteiger partial charge in [0.15, 0.2) is 17.3 Å². The summed E-state index contributed by atoms with van der Waals surface area (Å²) >= 11 is 0. The quantitative estimate of drug-likeness (QED) is 0.378. The van der Waals surface area contributed by atoms with E-state index in [-0.39, 0.29) is 29.7 Å². The Hall–Kier alpha value is -2.45. The molecule has 0 fully saturated rings. The normalized spacial score (nSPS) is 21.6. The number of carbonyl (C=O) groups excluding carboxylic acids is 2. The van der Waals surface area contributed by atoms with Crippen LogP contribution in [0.4, 0.5) is 5.82 Å². The van der Waals surface area contributed by atoms with Gasteiger partial charge >= 0.3 is 0 Å². The van der Waals surface area contributed by atoms with Crippen LogP contribution < -0.4 is 10.5 Å². The molecule has 0 saturated carbocycles. The largest absolute Gasteiger partial charge is 0.504 e. The fourth-order valence-electron chi connectivity index (χ4n) is 4.72. The predicted molar refractivity (Wildman–Crippen MR) is 144 cm³/mol. The Morgan fingerprint density at radius 1 is 1.17 bits per heavy atom. The van der Waals surface area contributed by atoms with Crippen LogP contribution in [0, 0.1) is 5.92 Å². The lowest BCUT2D eigenvalue weighted by molar-refractivity contribution is -0.125. The second kappa shape index (κ2) is 11.5. The Labute approximate surface area is 214 Å². The highest BCUT2D eigenvalue weighted by atomic mass is 33.1. The number of hydrogen-bond acceptors (Lipinski definition) is 8. The van der Waals surface area contributed by atoms with Crippen molar-refractivity contribution in [3.05, 3.63) is 52.2 Å². The summed E-state index contributed by atoms with van der Waals surface area (Å²) < 4.78 is 5.34. The first-order chi connectivity index (χ1) is 16.9. The van der Waals surface area contributed by atoms with Crippen molar-refractivity contribution >= 4 is 45.0 Å². The molecule has 0 amide bonds. The zero-order valence-electron chi connectivity index (χ0n) is 20.2. The SMILES string of the molecule is CC[C@@H]1CCC(=O)CC(=O)C2=Cc3cc(OC)c(O)cc3[C@@H](CC2)c2cnc(N)c(c2)CSSC1. The maximum Gasteiger partial charge on any atom is 0.166 e. The first-order valence-corrected chi connectivity index (χ1v) is 14.5. The van der Waals surface area contributed by atoms with E-state index in [9.17, 15) is 14.7 Å². The van der Waals surface area contributed by atoms with E-state index in [0.717, 1.165) is 46.6 Å². The van der Waals surface area contributed by atoms with E-state index in [1.807, 2.05) is 6.08 Å². The number of hydrogen-bond donors (Lipinski definition) is 2. The number of rotatable bonds is 2. The molecule has 0 saturated heterocycles. The van der Waals surface area contributed by atoms with Crippen LogP contribution in [0.25, 0.3) is 6.08 Å². The minimum Gasteiger partial charge on any atom is -0.504 e. The number of Topliss-reactive ketones (excluding diaryl/α,β-unsaturated/α-hetero) is 2. The molecular formula is C27H32N2O4S2. The summed E-state index contributed by atoms with van der Waals surface area (Å²) in [6.07, 6.45) is 7.04. The zero-order valence-corrected chi connectivity index (χ0v) is 21.8. The van der Waals surface area contributed by atoms with E-state index >= 15 is 0 Å². The maximum absolute atomic E-state index is 13.2. The highest BCUT2D eigenvalue weighted by Gasteiger charge is 2.27. The molecule has 2 aliphatic rings. The molecule has 2 heterocycles. The number of anilines is 1. The van der Waals surface area contributed by atoms with Gasteiger partial charge in [0, 0.05) is 35.6 Å². The molecule has 3 N–H and O–H groups in total. The molecule has 0 unspecified atom stereocenters. The number of ether oxygens (including phenoxy) is 1. The van der Waals surface area contributed by atoms with E-state index in [1.54, 1.807) is 39.9 Å². The number of ketones is 2. The van der Waals surface area contributed by atoms with Crippen molar-refractivity contribution in [1.82, 2.24) is 4.98 Å². The van der Waals surface area contributed by atoms with Gasteiger partial charge in [-0.2, -0.15) is 0 Å². The van der Waals surface area contributed by atoms with E-state index in [4.69, 9.17) is 10.5 Å². The molecule has 4 rings (SSSR count). The van der Waals surface area contributed by atoms with Crippen LogP contribution in [-0.4, -0.2) is 34.5 Å². The number of aromatic hydroxyl groups is 1. The van der Waals surface area contributed by atoms with Crippen LogP contribution in [-0.2, 0) is 15.3 Å². The number of nitrogen functional groups attached to an aromatic ring is 1. The monoisotopic (exact) mass is 512 g/mol. The molecule has 1 aromatic heterocycles. The summed E-state index contributed by atoms with van der Waals surface area (Å²) in [6.45, 7) is 2.15. The zero-order chi connectivity index (χ0) is 24.9. The molecular weight excluding hydrogens is 480 g/mol. The number of fused-ring (bicyclic) bond motifs is 8. The third-order valence-electron chi connectivity index (χ3n) is 6.94. The molecule has 35 heavy (non-hydrogen) atoms. The number of allylic oxidation sites excluding steroid dienone is 1. The second-order valence-corrected chi connectivity index (χ2v) is 11.7. The van der Waals surface area contributed by atoms with Gasteiger partial charge in [0.05, 0.1) is 13.5 Å². The molecule has 2 atom stereocenters. The van der Waals surface area contributed by atoms with Crippen molar-refractivity contribution in [2.75, 3.05) is 18.6 Å². The smallest absolute Gasteiger partial charge is 0.166 e. The van der Waals surface area contributed by atoms with Gasteiger partial charge < -0.3 is 15.6 Å². The molecule has 186 valence electrons. The van der Waals surface area contributed by atoms with Crippen LogP contribution in [0.2, 0.25) is 0 Å². The summed E-state index contributed by atoms with van der Waals surface area (Å²) in [6, 6.07) is 5.59. The molecule has 6 nitrogen and oxygen atoms in total. The molecule has 2 aromatic rings. The number of benzene rings is 1. The van der Waals surface area contributed by atoms with Gasteiger partial charge in [0.1, 0.15) is 11.6 Å². The number of nitrogens with two attached hydrogens (primary N) is 1. The second-order valence-electron chi connectivity index (χ2n) is 9.23. The molecule has 1 aliphatic heterocycles. The molecule has 8 heteroatoms. The van der Waals surface area contributed by atoms with E-state index in [1.165, 1.54) is 7.11 Å². The fourth-order valence-corrected chi connectivity index (χ4v) is 7.35. The van der Waals surface area contributed by atoms with Crippen molar-refractivity contribution in [2.45, 2.75) is 57.1 Å². The van der Waals surface area contributed by atoms with Crippen LogP contribution in [0.15, 0.2) is 30.0 Å². The van der Waals surface area contributed by atoms with Gasteiger partial charge in [0.2, 0.25) is 0 Å². The molecule has 1 aromatic carbocycles. The number of carbonyl (C=O) groups is 2. The Kier molecular flexibility index (Phi) is 8.44. The minimum atomic E-state index is -0.118. The summed E-state index contributed by atoms with van der Waals surface area (Å²) in [4.78, 5) is 30.3. The first kappa shape index (κ1) is 25.6. The Morgan fingerprint density at radius 3 is 2.77 bits per heavy atom. The fraction of sp³-hybridized carbons (Fsp3) is 0.444. The first-order valence-electron chi connectivity index (χ1n) is 12.0. The summed E-state index contributed by atoms with van der Waals surface area (Å²) in [7, 11) is 5.06. The van der Waals surface area contributed by atoms with Gasteiger partial charge in [-0.3, -0.25) is 9.59 Å². The summed E-state index contributed by atoms with van der Waals surface area (Å²) in [5.74, 6) is 2.87. The standard InChI is InChI=1S/C27H32N2O4S2/c1-3-16-4-6-21(30)11-24(31)17-5-7-22(23-12-25(32)26(33-2)10-18(23)8-17)19-9-20(15-35-34-14-16)27(28)29-13-19/h8-10,12-13,16,22,32H,3-7,11,14-15H2,1-2H3,(H2,28,29)/t16-,22+/m1/s1. The number of pyridine rings is 1. The maximum atomic E-state index is 13.2. The summed E-state index contributed by atoms with van der Waals surface area (Å²) in [5.41, 5.74) is 10.6. The van der Waals surface area contributed by atoms with Crippen LogP contribution >= 0.6 is 21.6 Å². The van der Waals surface area contributed by atoms with Gasteiger partial charge in [-0.25, -0.2) is 4.98 Å². The lowest BCUT2D eigenvalue weighted by Gasteiger charge is -2.20. The van der Waals surface area contributed by atoms with Crippen LogP contribution in [0.1, 0.15) is 73.6 Å². The Morgan fingerprint density at radius 2 is 2.00 bits per heavy atom. The van der Waals surface area contributed by atoms with E-state index in [0.29, 0.717) is 42.3 Å². The lowest BCUT2D eigenvalue weighted by atomic mass is 9.86. The van der Waals surface area contributed by atoms with E-state index in [2.05, 4.69) is 18.0 Å². The Bertz CT molecular complexity index is 1150. The predicted octanol–water partition coefficient (Wildman–Crippen LogP) is 5.92. The van der Waals surface area contributed by atoms with Gasteiger partial charge in [-0.1, -0.05) is 34.9 Å². The van der Waals surface area contributed by atoms with Crippen LogP contribution in [0.3, 0.4) is 0 Å². The Balaban J connectivity index is 1.78. The van der Waals surface area contributed by atoms with Crippen molar-refractivity contribution in [2.24, 2.45) is 5.92 Å². The summed E-state index contributed by atoms with van der Waals surface area (Å²) in [5, 5.41) is 10.5. The molecule has 1 aliphatic carbocycles. The average molecular weight is 513 g/mol. The van der Waals surface area contributed by atoms with Crippen molar-refractivity contribution in [3.8, 4) is 11.5 Å². The highest BCUT2D eigenvalue weighted by molar-refractivity contribution is 8.76. The number of phenolic OH excluding ortho intramolecular Hbond substituents is 1. The third-order valence-corrected chi connectivity index (χ3v) is 9.41. The third kappa shape index (κ3) is 6.04. The number of phenols is 1. The number of aromatic nitrogens is 1. The van der Waals surface area contributed by atoms with E-state index < -0.39 is 0 Å². The number of nitrogens with zero attached hydrogens (tertiary/aromatic N) is 1. The molecule has 0 radical (unpaired) electrons.